The van der Waals surface area contributed by atoms with Crippen molar-refractivity contribution < 1.29 is 0 Å². The van der Waals surface area contributed by atoms with Gasteiger partial charge in [0.05, 0.1) is 0 Å². The van der Waals surface area contributed by atoms with Crippen LogP contribution in [0.25, 0.3) is 0 Å². The summed E-state index contributed by atoms with van der Waals surface area (Å²) in [5.41, 5.74) is 1.26. The lowest BCUT2D eigenvalue weighted by Gasteiger charge is -2.18. The second-order valence-corrected chi connectivity index (χ2v) is 5.78. The van der Waals surface area contributed by atoms with Crippen molar-refractivity contribution in [3.05, 3.63) is 47.2 Å². The number of nitrogens with one attached hydrogen (secondary N) is 1. The summed E-state index contributed by atoms with van der Waals surface area (Å²) in [4.78, 5) is 10.8. The van der Waals surface area contributed by atoms with Crippen LogP contribution in [0.3, 0.4) is 0 Å². The van der Waals surface area contributed by atoms with E-state index in [1.165, 1.54) is 18.4 Å². The van der Waals surface area contributed by atoms with Gasteiger partial charge in [-0.15, -0.1) is 0 Å². The second kappa shape index (κ2) is 8.59. The number of hydrogen-bond acceptors (Lipinski definition) is 4. The molecule has 0 saturated carbocycles. The zero-order valence-corrected chi connectivity index (χ0v) is 14.0. The van der Waals surface area contributed by atoms with Crippen molar-refractivity contribution in [3.8, 4) is 0 Å². The summed E-state index contributed by atoms with van der Waals surface area (Å²) in [5, 5.41) is 4.12. The number of unbranched alkanes of at least 4 members (excludes halogenated alkanes) is 1. The molecule has 2 aromatic rings. The van der Waals surface area contributed by atoms with Crippen LogP contribution in [0.5, 0.6) is 0 Å². The summed E-state index contributed by atoms with van der Waals surface area (Å²) in [7, 11) is 2.06. The van der Waals surface area contributed by atoms with Crippen LogP contribution in [0.2, 0.25) is 5.02 Å². The van der Waals surface area contributed by atoms with Gasteiger partial charge in [0.1, 0.15) is 18.0 Å². The Morgan fingerprint density at radius 2 is 1.95 bits per heavy atom. The minimum absolute atomic E-state index is 0.771. The maximum atomic E-state index is 5.89. The minimum atomic E-state index is 0.771. The molecule has 0 bridgehead atoms. The van der Waals surface area contributed by atoms with E-state index in [4.69, 9.17) is 11.6 Å². The van der Waals surface area contributed by atoms with Gasteiger partial charge in [0, 0.05) is 31.2 Å². The van der Waals surface area contributed by atoms with Crippen LogP contribution in [0, 0.1) is 0 Å². The summed E-state index contributed by atoms with van der Waals surface area (Å²) in [6.45, 7) is 4.03. The Morgan fingerprint density at radius 1 is 1.18 bits per heavy atom. The van der Waals surface area contributed by atoms with E-state index in [1.54, 1.807) is 6.33 Å². The molecule has 4 nitrogen and oxygen atoms in total. The van der Waals surface area contributed by atoms with Gasteiger partial charge >= 0.3 is 0 Å². The maximum Gasteiger partial charge on any atom is 0.133 e. The van der Waals surface area contributed by atoms with E-state index < -0.39 is 0 Å². The van der Waals surface area contributed by atoms with Crippen LogP contribution in [0.15, 0.2) is 36.7 Å². The largest absolute Gasteiger partial charge is 0.370 e. The van der Waals surface area contributed by atoms with E-state index in [9.17, 15) is 0 Å². The van der Waals surface area contributed by atoms with Crippen molar-refractivity contribution in [1.82, 2.24) is 9.97 Å². The average Bonchev–Trinajstić information content (AvgIpc) is 2.55. The maximum absolute atomic E-state index is 5.89. The van der Waals surface area contributed by atoms with Gasteiger partial charge in [0.2, 0.25) is 0 Å². The zero-order valence-electron chi connectivity index (χ0n) is 13.2. The van der Waals surface area contributed by atoms with E-state index in [0.717, 1.165) is 36.2 Å². The number of aromatic nitrogens is 2. The lowest BCUT2D eigenvalue weighted by molar-refractivity contribution is 0.758. The van der Waals surface area contributed by atoms with Crippen LogP contribution in [0.4, 0.5) is 11.6 Å². The minimum Gasteiger partial charge on any atom is -0.370 e. The molecule has 0 aliphatic carbocycles. The Morgan fingerprint density at radius 3 is 2.68 bits per heavy atom. The first-order chi connectivity index (χ1) is 10.7. The SMILES string of the molecule is CCCCN(C)c1cc(NCCc2ccc(Cl)cc2)ncn1. The smallest absolute Gasteiger partial charge is 0.133 e. The Labute approximate surface area is 137 Å². The molecular weight excluding hydrogens is 296 g/mol. The van der Waals surface area contributed by atoms with Gasteiger partial charge in [0.25, 0.3) is 0 Å². The van der Waals surface area contributed by atoms with Crippen molar-refractivity contribution in [2.24, 2.45) is 0 Å². The summed E-state index contributed by atoms with van der Waals surface area (Å²) in [6.07, 6.45) is 4.89. The van der Waals surface area contributed by atoms with Crippen LogP contribution in [-0.2, 0) is 6.42 Å². The first kappa shape index (κ1) is 16.6. The Hall–Kier alpha value is -1.81. The number of rotatable bonds is 8. The van der Waals surface area contributed by atoms with Gasteiger partial charge in [-0.2, -0.15) is 0 Å². The molecule has 1 heterocycles. The highest BCUT2D eigenvalue weighted by Gasteiger charge is 2.04. The Kier molecular flexibility index (Phi) is 6.46. The van der Waals surface area contributed by atoms with E-state index in [1.807, 2.05) is 30.3 Å². The molecule has 1 N–H and O–H groups in total. The topological polar surface area (TPSA) is 41.0 Å². The highest BCUT2D eigenvalue weighted by molar-refractivity contribution is 6.30. The lowest BCUT2D eigenvalue weighted by atomic mass is 10.1. The zero-order chi connectivity index (χ0) is 15.8. The molecule has 0 unspecified atom stereocenters. The summed E-state index contributed by atoms with van der Waals surface area (Å²) >= 11 is 5.89. The van der Waals surface area contributed by atoms with E-state index in [2.05, 4.69) is 34.2 Å². The van der Waals surface area contributed by atoms with Crippen molar-refractivity contribution in [2.45, 2.75) is 26.2 Å². The lowest BCUT2D eigenvalue weighted by Crippen LogP contribution is -2.20. The number of anilines is 2. The fourth-order valence-corrected chi connectivity index (χ4v) is 2.27. The second-order valence-electron chi connectivity index (χ2n) is 5.34. The molecular formula is C17H23ClN4. The van der Waals surface area contributed by atoms with E-state index in [-0.39, 0.29) is 0 Å². The van der Waals surface area contributed by atoms with Gasteiger partial charge in [-0.3, -0.25) is 0 Å². The standard InChI is InChI=1S/C17H23ClN4/c1-3-4-11-22(2)17-12-16(20-13-21-17)19-10-9-14-5-7-15(18)8-6-14/h5-8,12-13H,3-4,9-11H2,1-2H3,(H,19,20,21). The molecule has 0 radical (unpaired) electrons. The molecule has 22 heavy (non-hydrogen) atoms. The first-order valence-corrected chi connectivity index (χ1v) is 8.08. The van der Waals surface area contributed by atoms with Crippen molar-refractivity contribution in [2.75, 3.05) is 30.4 Å². The van der Waals surface area contributed by atoms with E-state index >= 15 is 0 Å². The van der Waals surface area contributed by atoms with Crippen LogP contribution >= 0.6 is 11.6 Å². The van der Waals surface area contributed by atoms with Crippen molar-refractivity contribution >= 4 is 23.2 Å². The first-order valence-electron chi connectivity index (χ1n) is 7.70. The number of benzene rings is 1. The molecule has 0 spiro atoms. The fraction of sp³-hybridized carbons (Fsp3) is 0.412. The highest BCUT2D eigenvalue weighted by atomic mass is 35.5. The molecule has 0 aliphatic heterocycles. The van der Waals surface area contributed by atoms with Crippen LogP contribution in [0.1, 0.15) is 25.3 Å². The molecule has 2 rings (SSSR count). The monoisotopic (exact) mass is 318 g/mol. The van der Waals surface area contributed by atoms with Crippen molar-refractivity contribution in [3.63, 3.8) is 0 Å². The molecule has 0 amide bonds. The van der Waals surface area contributed by atoms with Crippen LogP contribution < -0.4 is 10.2 Å². The van der Waals surface area contributed by atoms with Gasteiger partial charge in [0.15, 0.2) is 0 Å². The number of halogens is 1. The molecule has 1 aromatic carbocycles. The average molecular weight is 319 g/mol. The molecule has 0 aliphatic rings. The Bertz CT molecular complexity index is 571. The molecule has 5 heteroatoms. The van der Waals surface area contributed by atoms with Crippen molar-refractivity contribution in [1.29, 1.82) is 0 Å². The summed E-state index contributed by atoms with van der Waals surface area (Å²) in [5.74, 6) is 1.82. The predicted molar refractivity (Wildman–Crippen MR) is 93.9 cm³/mol. The Balaban J connectivity index is 1.86. The van der Waals surface area contributed by atoms with Gasteiger partial charge in [-0.1, -0.05) is 37.1 Å². The van der Waals surface area contributed by atoms with Gasteiger partial charge in [-0.25, -0.2) is 9.97 Å². The van der Waals surface area contributed by atoms with Gasteiger partial charge in [-0.05, 0) is 30.5 Å². The van der Waals surface area contributed by atoms with E-state index in [0.29, 0.717) is 0 Å². The quantitative estimate of drug-likeness (QED) is 0.798. The third-order valence-corrected chi connectivity index (χ3v) is 3.78. The molecule has 0 atom stereocenters. The highest BCUT2D eigenvalue weighted by Crippen LogP contribution is 2.14. The predicted octanol–water partition coefficient (Wildman–Crippen LogP) is 4.02. The normalized spacial score (nSPS) is 10.5. The number of nitrogens with zero attached hydrogens (tertiary/aromatic N) is 3. The number of hydrogen-bond donors (Lipinski definition) is 1. The summed E-state index contributed by atoms with van der Waals surface area (Å²) < 4.78 is 0. The summed E-state index contributed by atoms with van der Waals surface area (Å²) in [6, 6.07) is 9.93. The molecule has 1 aromatic heterocycles. The fourth-order valence-electron chi connectivity index (χ4n) is 2.15. The molecule has 0 fully saturated rings. The molecule has 0 saturated heterocycles. The molecule has 118 valence electrons. The third kappa shape index (κ3) is 5.19. The third-order valence-electron chi connectivity index (χ3n) is 3.52. The van der Waals surface area contributed by atoms with Gasteiger partial charge < -0.3 is 10.2 Å². The van der Waals surface area contributed by atoms with Crippen LogP contribution in [-0.4, -0.2) is 30.1 Å².